The average molecular weight is 657 g/mol. The fraction of sp³-hybridized carbons (Fsp3) is 0.816. The predicted octanol–water partition coefficient (Wildman–Crippen LogP) is 6.40. The van der Waals surface area contributed by atoms with Gasteiger partial charge in [0, 0.05) is 56.8 Å². The first-order valence-electron chi connectivity index (χ1n) is 17.6. The van der Waals surface area contributed by atoms with Crippen LogP contribution >= 0.6 is 0 Å². The van der Waals surface area contributed by atoms with E-state index in [1.165, 1.54) is 33.3 Å². The Kier molecular flexibility index (Phi) is 8.87. The maximum atomic E-state index is 13.8. The summed E-state index contributed by atoms with van der Waals surface area (Å²) in [7, 11) is 0. The molecule has 9 nitrogen and oxygen atoms in total. The van der Waals surface area contributed by atoms with E-state index < -0.39 is 45.3 Å². The number of Topliss-reactive ketones (excluding diaryl/α,β-unsaturated/α-hetero) is 1. The van der Waals surface area contributed by atoms with Crippen molar-refractivity contribution in [3.05, 3.63) is 11.6 Å². The molecule has 0 bridgehead atoms. The molecule has 0 spiro atoms. The third kappa shape index (κ3) is 5.27. The lowest BCUT2D eigenvalue weighted by Crippen LogP contribution is -2.68. The average Bonchev–Trinajstić information content (AvgIpc) is 3.26. The summed E-state index contributed by atoms with van der Waals surface area (Å²) in [4.78, 5) is 63.7. The van der Waals surface area contributed by atoms with Gasteiger partial charge in [-0.25, -0.2) is 0 Å². The van der Waals surface area contributed by atoms with E-state index in [2.05, 4.69) is 40.7 Å². The highest BCUT2D eigenvalue weighted by molar-refractivity contribution is 5.91. The van der Waals surface area contributed by atoms with Gasteiger partial charge >= 0.3 is 23.9 Å². The van der Waals surface area contributed by atoms with Crippen molar-refractivity contribution in [1.29, 1.82) is 0 Å². The van der Waals surface area contributed by atoms with Crippen molar-refractivity contribution >= 4 is 29.7 Å². The number of hydrogen-bond donors (Lipinski definition) is 0. The number of rotatable bonds is 6. The second kappa shape index (κ2) is 11.7. The van der Waals surface area contributed by atoms with Crippen LogP contribution in [0.4, 0.5) is 0 Å². The second-order valence-corrected chi connectivity index (χ2v) is 17.1. The van der Waals surface area contributed by atoms with Crippen LogP contribution in [0, 0.1) is 56.7 Å². The summed E-state index contributed by atoms with van der Waals surface area (Å²) in [6.45, 7) is 21.1. The van der Waals surface area contributed by atoms with Crippen LogP contribution in [-0.2, 0) is 42.9 Å². The Labute approximate surface area is 280 Å². The lowest BCUT2D eigenvalue weighted by Gasteiger charge is -2.70. The van der Waals surface area contributed by atoms with E-state index in [1.54, 1.807) is 0 Å². The molecule has 4 saturated carbocycles. The number of fused-ring (bicyclic) bond motifs is 7. The van der Waals surface area contributed by atoms with Gasteiger partial charge in [0.2, 0.25) is 0 Å². The molecular weight excluding hydrogens is 600 g/mol. The van der Waals surface area contributed by atoms with Crippen molar-refractivity contribution in [2.75, 3.05) is 6.61 Å². The minimum atomic E-state index is -0.852. The lowest BCUT2D eigenvalue weighted by atomic mass is 9.35. The molecule has 2 unspecified atom stereocenters. The molecule has 11 atom stereocenters. The first kappa shape index (κ1) is 35.6. The van der Waals surface area contributed by atoms with Crippen LogP contribution in [0.2, 0.25) is 0 Å². The molecule has 0 aromatic heterocycles. The number of allylic oxidation sites excluding steroid dienone is 1. The third-order valence-electron chi connectivity index (χ3n) is 14.1. The van der Waals surface area contributed by atoms with Gasteiger partial charge in [-0.1, -0.05) is 60.1 Å². The highest BCUT2D eigenvalue weighted by atomic mass is 16.6. The summed E-state index contributed by atoms with van der Waals surface area (Å²) < 4.78 is 24.0. The van der Waals surface area contributed by atoms with Gasteiger partial charge in [0.05, 0.1) is 6.61 Å². The Morgan fingerprint density at radius 2 is 1.40 bits per heavy atom. The minimum absolute atomic E-state index is 0.0921. The van der Waals surface area contributed by atoms with Gasteiger partial charge in [0.1, 0.15) is 12.2 Å². The number of ether oxygens (including phenoxy) is 4. The summed E-state index contributed by atoms with van der Waals surface area (Å²) in [6.07, 6.45) is 4.50. The SMILES string of the molecule is CC(=O)OC[C@@]12CC[C@@]3(C)[C@H]4C(=CC[C@]3(C)C1[C@H](OC(C)=O)C[C@H]2C(C)C)[C@@]1(C)C[C@@H](OC(C)=O)C(=O)C(C)(C)C1C[C@@H]4OC(C)=O. The van der Waals surface area contributed by atoms with Crippen LogP contribution in [0.5, 0.6) is 0 Å². The molecule has 0 aromatic carbocycles. The minimum Gasteiger partial charge on any atom is -0.465 e. The van der Waals surface area contributed by atoms with E-state index >= 15 is 0 Å². The zero-order valence-corrected chi connectivity index (χ0v) is 30.3. The van der Waals surface area contributed by atoms with Crippen molar-refractivity contribution in [1.82, 2.24) is 0 Å². The van der Waals surface area contributed by atoms with Crippen LogP contribution in [-0.4, -0.2) is 54.6 Å². The van der Waals surface area contributed by atoms with Gasteiger partial charge < -0.3 is 18.9 Å². The first-order chi connectivity index (χ1) is 21.7. The number of carbonyl (C=O) groups excluding carboxylic acids is 5. The van der Waals surface area contributed by atoms with Crippen molar-refractivity contribution in [3.63, 3.8) is 0 Å². The highest BCUT2D eigenvalue weighted by Crippen LogP contribution is 2.76. The van der Waals surface area contributed by atoms with Crippen molar-refractivity contribution < 1.29 is 42.9 Å². The Balaban J connectivity index is 1.71. The van der Waals surface area contributed by atoms with E-state index in [9.17, 15) is 24.0 Å². The fourth-order valence-electron chi connectivity index (χ4n) is 12.2. The van der Waals surface area contributed by atoms with Gasteiger partial charge in [-0.2, -0.15) is 0 Å². The fourth-order valence-corrected chi connectivity index (χ4v) is 12.2. The molecule has 9 heteroatoms. The molecule has 0 saturated heterocycles. The third-order valence-corrected chi connectivity index (χ3v) is 14.1. The standard InChI is InChI=1S/C38H56O9/c1-20(2)26-16-28(46-23(5)41)32-37(11)13-12-25-31(36(37,10)14-15-38(26,32)19-44-21(3)39)27(45-22(4)40)17-30-34(7,8)33(43)29(47-24(6)42)18-35(25,30)9/h12,20,26-32H,13-19H2,1-11H3/t26-,27-,28+,29+,30?,31-,32?,35+,36-,37+,38+/m0/s1. The Morgan fingerprint density at radius 3 is 1.96 bits per heavy atom. The molecule has 4 fully saturated rings. The molecule has 0 aromatic rings. The molecule has 5 aliphatic carbocycles. The van der Waals surface area contributed by atoms with Crippen LogP contribution in [0.15, 0.2) is 11.6 Å². The molecule has 0 amide bonds. The predicted molar refractivity (Wildman–Crippen MR) is 173 cm³/mol. The molecule has 262 valence electrons. The van der Waals surface area contributed by atoms with E-state index in [1.807, 2.05) is 13.8 Å². The van der Waals surface area contributed by atoms with Gasteiger partial charge in [-0.3, -0.25) is 24.0 Å². The number of ketones is 1. The Bertz CT molecular complexity index is 1380. The number of hydrogen-bond acceptors (Lipinski definition) is 9. The summed E-state index contributed by atoms with van der Waals surface area (Å²) >= 11 is 0. The maximum Gasteiger partial charge on any atom is 0.303 e. The molecule has 0 N–H and O–H groups in total. The monoisotopic (exact) mass is 656 g/mol. The zero-order chi connectivity index (χ0) is 35.1. The summed E-state index contributed by atoms with van der Waals surface area (Å²) in [6, 6.07) is 0. The van der Waals surface area contributed by atoms with E-state index in [4.69, 9.17) is 18.9 Å². The zero-order valence-electron chi connectivity index (χ0n) is 30.3. The second-order valence-electron chi connectivity index (χ2n) is 17.1. The van der Waals surface area contributed by atoms with Crippen LogP contribution < -0.4 is 0 Å². The molecule has 0 aliphatic heterocycles. The molecule has 5 rings (SSSR count). The summed E-state index contributed by atoms with van der Waals surface area (Å²) in [5.74, 6) is -1.52. The van der Waals surface area contributed by atoms with Gasteiger partial charge in [0.25, 0.3) is 0 Å². The first-order valence-corrected chi connectivity index (χ1v) is 17.6. The van der Waals surface area contributed by atoms with E-state index in [-0.39, 0.29) is 66.0 Å². The van der Waals surface area contributed by atoms with Gasteiger partial charge in [0.15, 0.2) is 11.9 Å². The van der Waals surface area contributed by atoms with Crippen LogP contribution in [0.25, 0.3) is 0 Å². The molecule has 47 heavy (non-hydrogen) atoms. The van der Waals surface area contributed by atoms with Gasteiger partial charge in [-0.15, -0.1) is 0 Å². The molecule has 5 aliphatic rings. The Morgan fingerprint density at radius 1 is 0.809 bits per heavy atom. The van der Waals surface area contributed by atoms with Crippen molar-refractivity contribution in [3.8, 4) is 0 Å². The van der Waals surface area contributed by atoms with Crippen molar-refractivity contribution in [2.24, 2.45) is 56.7 Å². The Hall–Kier alpha value is -2.71. The molecule has 0 heterocycles. The number of carbonyl (C=O) groups is 5. The van der Waals surface area contributed by atoms with Crippen LogP contribution in [0.3, 0.4) is 0 Å². The molecular formula is C38H56O9. The maximum absolute atomic E-state index is 13.8. The van der Waals surface area contributed by atoms with Crippen LogP contribution in [0.1, 0.15) is 115 Å². The van der Waals surface area contributed by atoms with E-state index in [0.717, 1.165) is 12.8 Å². The van der Waals surface area contributed by atoms with E-state index in [0.29, 0.717) is 25.7 Å². The highest BCUT2D eigenvalue weighted by Gasteiger charge is 2.74. The number of esters is 4. The summed E-state index contributed by atoms with van der Waals surface area (Å²) in [5.41, 5.74) is -1.34. The normalized spacial score (nSPS) is 43.4. The smallest absolute Gasteiger partial charge is 0.303 e. The van der Waals surface area contributed by atoms with Crippen molar-refractivity contribution in [2.45, 2.75) is 133 Å². The topological polar surface area (TPSA) is 122 Å². The summed E-state index contributed by atoms with van der Waals surface area (Å²) in [5, 5.41) is 0. The quantitative estimate of drug-likeness (QED) is 0.182. The lowest BCUT2D eigenvalue weighted by molar-refractivity contribution is -0.222. The largest absolute Gasteiger partial charge is 0.465 e. The van der Waals surface area contributed by atoms with Gasteiger partial charge in [-0.05, 0) is 66.1 Å². The molecule has 0 radical (unpaired) electrons.